The van der Waals surface area contributed by atoms with E-state index < -0.39 is 9.84 Å². The van der Waals surface area contributed by atoms with E-state index in [4.69, 9.17) is 4.74 Å². The van der Waals surface area contributed by atoms with Crippen LogP contribution >= 0.6 is 11.8 Å². The number of nitrogens with zero attached hydrogens (tertiary/aromatic N) is 3. The van der Waals surface area contributed by atoms with Gasteiger partial charge in [-0.05, 0) is 55.0 Å². The van der Waals surface area contributed by atoms with Crippen LogP contribution in [0.25, 0.3) is 0 Å². The molecule has 0 aromatic heterocycles. The predicted molar refractivity (Wildman–Crippen MR) is 142 cm³/mol. The number of aliphatic imine (C=N–C) groups is 1. The number of amides is 1. The maximum absolute atomic E-state index is 12.3. The van der Waals surface area contributed by atoms with Crippen LogP contribution in [0.5, 0.6) is 0 Å². The Bertz CT molecular complexity index is 1180. The van der Waals surface area contributed by atoms with Gasteiger partial charge in [-0.25, -0.2) is 8.42 Å². The minimum atomic E-state index is -3.10. The maximum Gasteiger partial charge on any atom is 0.274 e. The maximum atomic E-state index is 12.3. The number of thioether (sulfide) groups is 1. The molecule has 2 atom stereocenters. The van der Waals surface area contributed by atoms with Crippen molar-refractivity contribution in [3.63, 3.8) is 0 Å². The van der Waals surface area contributed by atoms with Gasteiger partial charge in [0.15, 0.2) is 15.0 Å². The number of sulfone groups is 1. The molecule has 3 aliphatic rings. The summed E-state index contributed by atoms with van der Waals surface area (Å²) in [6, 6.07) is 18.7. The highest BCUT2D eigenvalue weighted by Crippen LogP contribution is 2.41. The summed E-state index contributed by atoms with van der Waals surface area (Å²) in [7, 11) is -1.64. The standard InChI is InChI=1S/C26H31N3O4S2/c1-33-16-25(30)27-26-29(23-17-35(31,32)18-24(23)34-26)22-9-7-21(8-10-22)28-13-11-20(12-14-28)15-19-5-3-2-4-6-19/h2-10,20,23-24H,11-18H2,1H3. The number of methoxy groups -OCH3 is 1. The SMILES string of the molecule is COCC(=O)N=C1SC2CS(=O)(=O)CC2N1c1ccc(N2CCC(Cc3ccccc3)CC2)cc1. The fraction of sp³-hybridized carbons (Fsp3) is 0.462. The number of hydrogen-bond acceptors (Lipinski definition) is 6. The van der Waals surface area contributed by atoms with Gasteiger partial charge in [-0.15, -0.1) is 0 Å². The lowest BCUT2D eigenvalue weighted by Crippen LogP contribution is -2.38. The Hall–Kier alpha value is -2.36. The summed E-state index contributed by atoms with van der Waals surface area (Å²) >= 11 is 1.38. The molecule has 9 heteroatoms. The fourth-order valence-electron chi connectivity index (χ4n) is 5.30. The number of rotatable bonds is 6. The van der Waals surface area contributed by atoms with Crippen LogP contribution < -0.4 is 9.80 Å². The summed E-state index contributed by atoms with van der Waals surface area (Å²) in [5.41, 5.74) is 3.45. The van der Waals surface area contributed by atoms with Crippen molar-refractivity contribution in [2.45, 2.75) is 30.6 Å². The van der Waals surface area contributed by atoms with Crippen molar-refractivity contribution >= 4 is 44.0 Å². The van der Waals surface area contributed by atoms with Crippen LogP contribution in [0.2, 0.25) is 0 Å². The van der Waals surface area contributed by atoms with Gasteiger partial charge in [0.2, 0.25) is 0 Å². The predicted octanol–water partition coefficient (Wildman–Crippen LogP) is 3.39. The zero-order valence-electron chi connectivity index (χ0n) is 19.9. The molecule has 186 valence electrons. The second-order valence-electron chi connectivity index (χ2n) is 9.53. The summed E-state index contributed by atoms with van der Waals surface area (Å²) in [4.78, 5) is 20.7. The van der Waals surface area contributed by atoms with Crippen molar-refractivity contribution in [2.24, 2.45) is 10.9 Å². The van der Waals surface area contributed by atoms with Crippen molar-refractivity contribution in [3.05, 3.63) is 60.2 Å². The van der Waals surface area contributed by atoms with Crippen molar-refractivity contribution < 1.29 is 17.9 Å². The van der Waals surface area contributed by atoms with Crippen molar-refractivity contribution in [3.8, 4) is 0 Å². The van der Waals surface area contributed by atoms with Gasteiger partial charge < -0.3 is 14.5 Å². The van der Waals surface area contributed by atoms with E-state index in [0.717, 1.165) is 25.2 Å². The molecule has 3 heterocycles. The van der Waals surface area contributed by atoms with Crippen LogP contribution in [0.4, 0.5) is 11.4 Å². The molecule has 0 radical (unpaired) electrons. The molecule has 2 aromatic rings. The zero-order valence-corrected chi connectivity index (χ0v) is 21.5. The minimum Gasteiger partial charge on any atom is -0.375 e. The molecule has 3 aliphatic heterocycles. The van der Waals surface area contributed by atoms with E-state index in [1.165, 1.54) is 43.0 Å². The number of ether oxygens (including phenoxy) is 1. The van der Waals surface area contributed by atoms with Gasteiger partial charge in [0, 0.05) is 36.8 Å². The lowest BCUT2D eigenvalue weighted by Gasteiger charge is -2.34. The minimum absolute atomic E-state index is 0.0822. The molecule has 0 bridgehead atoms. The molecule has 0 N–H and O–H groups in total. The zero-order chi connectivity index (χ0) is 24.4. The molecule has 0 aliphatic carbocycles. The molecule has 7 nitrogen and oxygen atoms in total. The number of piperidine rings is 1. The second kappa shape index (κ2) is 10.3. The Morgan fingerprint density at radius 2 is 1.71 bits per heavy atom. The number of amidine groups is 1. The quantitative estimate of drug-likeness (QED) is 0.586. The molecular weight excluding hydrogens is 482 g/mol. The Morgan fingerprint density at radius 3 is 2.40 bits per heavy atom. The van der Waals surface area contributed by atoms with Gasteiger partial charge in [0.1, 0.15) is 6.61 Å². The van der Waals surface area contributed by atoms with E-state index in [-0.39, 0.29) is 35.3 Å². The number of hydrogen-bond donors (Lipinski definition) is 0. The Labute approximate surface area is 211 Å². The Balaban J connectivity index is 1.28. The van der Waals surface area contributed by atoms with Crippen LogP contribution in [-0.2, 0) is 25.8 Å². The molecule has 0 saturated carbocycles. The van der Waals surface area contributed by atoms with Gasteiger partial charge >= 0.3 is 0 Å². The first-order chi connectivity index (χ1) is 16.9. The molecule has 2 aromatic carbocycles. The van der Waals surface area contributed by atoms with Crippen molar-refractivity contribution in [1.29, 1.82) is 0 Å². The third-order valence-electron chi connectivity index (χ3n) is 7.03. The van der Waals surface area contributed by atoms with Gasteiger partial charge in [0.25, 0.3) is 5.91 Å². The molecule has 3 saturated heterocycles. The highest BCUT2D eigenvalue weighted by molar-refractivity contribution is 8.16. The van der Waals surface area contributed by atoms with E-state index in [1.807, 2.05) is 17.0 Å². The average molecular weight is 514 g/mol. The summed E-state index contributed by atoms with van der Waals surface area (Å²) in [5.74, 6) is 0.544. The smallest absolute Gasteiger partial charge is 0.274 e. The number of carbonyl (C=O) groups is 1. The van der Waals surface area contributed by atoms with Gasteiger partial charge in [0.05, 0.1) is 17.5 Å². The van der Waals surface area contributed by atoms with Crippen molar-refractivity contribution in [1.82, 2.24) is 0 Å². The number of fused-ring (bicyclic) bond motifs is 1. The number of benzene rings is 2. The summed E-state index contributed by atoms with van der Waals surface area (Å²) in [5, 5.41) is 0.448. The van der Waals surface area contributed by atoms with Crippen LogP contribution in [0.15, 0.2) is 59.6 Å². The third kappa shape index (κ3) is 5.57. The molecule has 2 unspecified atom stereocenters. The topological polar surface area (TPSA) is 79.3 Å². The molecule has 35 heavy (non-hydrogen) atoms. The average Bonchev–Trinajstić information content (AvgIpc) is 3.31. The summed E-state index contributed by atoms with van der Waals surface area (Å²) in [6.45, 7) is 1.96. The Kier molecular flexibility index (Phi) is 7.18. The molecule has 3 fully saturated rings. The lowest BCUT2D eigenvalue weighted by atomic mass is 9.90. The van der Waals surface area contributed by atoms with E-state index in [0.29, 0.717) is 11.1 Å². The van der Waals surface area contributed by atoms with E-state index in [2.05, 4.69) is 52.4 Å². The highest BCUT2D eigenvalue weighted by Gasteiger charge is 2.49. The van der Waals surface area contributed by atoms with Crippen LogP contribution in [0.1, 0.15) is 18.4 Å². The largest absolute Gasteiger partial charge is 0.375 e. The van der Waals surface area contributed by atoms with E-state index >= 15 is 0 Å². The van der Waals surface area contributed by atoms with Crippen LogP contribution in [0, 0.1) is 5.92 Å². The summed E-state index contributed by atoms with van der Waals surface area (Å²) < 4.78 is 29.5. The molecule has 5 rings (SSSR count). The van der Waals surface area contributed by atoms with Crippen molar-refractivity contribution in [2.75, 3.05) is 48.1 Å². The summed E-state index contributed by atoms with van der Waals surface area (Å²) in [6.07, 6.45) is 3.47. The van der Waals surface area contributed by atoms with E-state index in [9.17, 15) is 13.2 Å². The Morgan fingerprint density at radius 1 is 1.03 bits per heavy atom. The van der Waals surface area contributed by atoms with Crippen LogP contribution in [0.3, 0.4) is 0 Å². The van der Waals surface area contributed by atoms with E-state index in [1.54, 1.807) is 0 Å². The third-order valence-corrected chi connectivity index (χ3v) is 10.2. The van der Waals surface area contributed by atoms with Gasteiger partial charge in [-0.3, -0.25) is 4.79 Å². The molecule has 1 amide bonds. The molecule has 0 spiro atoms. The lowest BCUT2D eigenvalue weighted by molar-refractivity contribution is -0.121. The second-order valence-corrected chi connectivity index (χ2v) is 12.9. The fourth-order valence-corrected chi connectivity index (χ4v) is 9.23. The first kappa shape index (κ1) is 24.3. The first-order valence-corrected chi connectivity index (χ1v) is 14.8. The van der Waals surface area contributed by atoms with Gasteiger partial charge in [-0.1, -0.05) is 42.1 Å². The first-order valence-electron chi connectivity index (χ1n) is 12.1. The number of anilines is 2. The molecular formula is C26H31N3O4S2. The number of carbonyl (C=O) groups excluding carboxylic acids is 1. The normalized spacial score (nSPS) is 25.2. The van der Waals surface area contributed by atoms with Gasteiger partial charge in [-0.2, -0.15) is 4.99 Å². The van der Waals surface area contributed by atoms with Crippen LogP contribution in [-0.4, -0.2) is 69.1 Å². The monoisotopic (exact) mass is 513 g/mol. The highest BCUT2D eigenvalue weighted by atomic mass is 32.2.